The molecule has 0 unspecified atom stereocenters. The van der Waals surface area contributed by atoms with Gasteiger partial charge in [0.25, 0.3) is 0 Å². The Morgan fingerprint density at radius 2 is 1.57 bits per heavy atom. The van der Waals surface area contributed by atoms with Gasteiger partial charge in [-0.1, -0.05) is 42.5 Å². The fraction of sp³-hybridized carbons (Fsp3) is 0.364. The van der Waals surface area contributed by atoms with E-state index in [4.69, 9.17) is 4.74 Å². The van der Waals surface area contributed by atoms with E-state index in [1.165, 1.54) is 12.7 Å². The van der Waals surface area contributed by atoms with Gasteiger partial charge in [-0.2, -0.15) is 0 Å². The summed E-state index contributed by atoms with van der Waals surface area (Å²) in [6.45, 7) is 5.60. The Hall–Kier alpha value is -2.70. The maximum atomic E-state index is 12.3. The van der Waals surface area contributed by atoms with Gasteiger partial charge in [0, 0.05) is 45.7 Å². The first-order valence-corrected chi connectivity index (χ1v) is 9.61. The SMILES string of the molecule is COC(=O)c1ccccc1NC(=O)CCN1CCN(Cc2ccccc2)CC1. The average molecular weight is 381 g/mol. The first kappa shape index (κ1) is 20.0. The van der Waals surface area contributed by atoms with Crippen LogP contribution in [0.15, 0.2) is 54.6 Å². The molecule has 1 aliphatic heterocycles. The Labute approximate surface area is 166 Å². The van der Waals surface area contributed by atoms with Crippen molar-refractivity contribution in [1.29, 1.82) is 0 Å². The van der Waals surface area contributed by atoms with Crippen LogP contribution in [0.5, 0.6) is 0 Å². The predicted octanol–water partition coefficient (Wildman–Crippen LogP) is 2.62. The van der Waals surface area contributed by atoms with Crippen molar-refractivity contribution in [3.05, 3.63) is 65.7 Å². The molecule has 1 N–H and O–H groups in total. The van der Waals surface area contributed by atoms with E-state index in [2.05, 4.69) is 39.4 Å². The molecule has 0 bridgehead atoms. The summed E-state index contributed by atoms with van der Waals surface area (Å²) in [5.41, 5.74) is 2.19. The Bertz CT molecular complexity index is 787. The first-order chi connectivity index (χ1) is 13.7. The minimum absolute atomic E-state index is 0.0944. The summed E-state index contributed by atoms with van der Waals surface area (Å²) in [5, 5.41) is 2.83. The fourth-order valence-corrected chi connectivity index (χ4v) is 3.37. The molecule has 6 heteroatoms. The van der Waals surface area contributed by atoms with Crippen LogP contribution < -0.4 is 5.32 Å². The number of methoxy groups -OCH3 is 1. The topological polar surface area (TPSA) is 61.9 Å². The Morgan fingerprint density at radius 3 is 2.29 bits per heavy atom. The largest absolute Gasteiger partial charge is 0.465 e. The first-order valence-electron chi connectivity index (χ1n) is 9.61. The number of carbonyl (C=O) groups is 2. The van der Waals surface area contributed by atoms with Crippen LogP contribution in [-0.2, 0) is 16.1 Å². The van der Waals surface area contributed by atoms with Crippen molar-refractivity contribution in [2.24, 2.45) is 0 Å². The van der Waals surface area contributed by atoms with Gasteiger partial charge in [-0.3, -0.25) is 9.69 Å². The summed E-state index contributed by atoms with van der Waals surface area (Å²) in [6.07, 6.45) is 0.397. The quantitative estimate of drug-likeness (QED) is 0.747. The van der Waals surface area contributed by atoms with Crippen LogP contribution in [0.3, 0.4) is 0 Å². The molecule has 2 aromatic carbocycles. The molecule has 28 heavy (non-hydrogen) atoms. The predicted molar refractivity (Wildman–Crippen MR) is 109 cm³/mol. The number of ether oxygens (including phenoxy) is 1. The van der Waals surface area contributed by atoms with Crippen molar-refractivity contribution in [3.8, 4) is 0 Å². The van der Waals surface area contributed by atoms with Crippen LogP contribution >= 0.6 is 0 Å². The zero-order valence-corrected chi connectivity index (χ0v) is 16.3. The van der Waals surface area contributed by atoms with E-state index in [9.17, 15) is 9.59 Å². The van der Waals surface area contributed by atoms with Gasteiger partial charge >= 0.3 is 5.97 Å². The Morgan fingerprint density at radius 1 is 0.929 bits per heavy atom. The number of hydrogen-bond acceptors (Lipinski definition) is 5. The summed E-state index contributed by atoms with van der Waals surface area (Å²) in [6, 6.07) is 17.4. The van der Waals surface area contributed by atoms with Crippen LogP contribution in [0, 0.1) is 0 Å². The maximum Gasteiger partial charge on any atom is 0.339 e. The zero-order valence-electron chi connectivity index (χ0n) is 16.3. The lowest BCUT2D eigenvalue weighted by molar-refractivity contribution is -0.116. The van der Waals surface area contributed by atoms with Crippen LogP contribution in [0.4, 0.5) is 5.69 Å². The highest BCUT2D eigenvalue weighted by Crippen LogP contribution is 2.16. The van der Waals surface area contributed by atoms with Crippen molar-refractivity contribution in [2.45, 2.75) is 13.0 Å². The van der Waals surface area contributed by atoms with E-state index in [0.29, 0.717) is 24.2 Å². The molecule has 0 aromatic heterocycles. The summed E-state index contributed by atoms with van der Waals surface area (Å²) >= 11 is 0. The summed E-state index contributed by atoms with van der Waals surface area (Å²) in [4.78, 5) is 28.9. The van der Waals surface area contributed by atoms with Gasteiger partial charge in [0.2, 0.25) is 5.91 Å². The lowest BCUT2D eigenvalue weighted by Crippen LogP contribution is -2.46. The molecule has 0 spiro atoms. The number of benzene rings is 2. The van der Waals surface area contributed by atoms with Gasteiger partial charge in [0.05, 0.1) is 18.4 Å². The average Bonchev–Trinajstić information content (AvgIpc) is 2.74. The number of hydrogen-bond donors (Lipinski definition) is 1. The highest BCUT2D eigenvalue weighted by atomic mass is 16.5. The molecule has 0 aliphatic carbocycles. The van der Waals surface area contributed by atoms with Gasteiger partial charge in [-0.05, 0) is 17.7 Å². The molecule has 1 amide bonds. The van der Waals surface area contributed by atoms with Gasteiger partial charge in [0.1, 0.15) is 0 Å². The molecule has 1 heterocycles. The van der Waals surface area contributed by atoms with Crippen LogP contribution in [-0.4, -0.2) is 61.5 Å². The van der Waals surface area contributed by atoms with Crippen molar-refractivity contribution >= 4 is 17.6 Å². The van der Waals surface area contributed by atoms with E-state index >= 15 is 0 Å². The summed E-state index contributed by atoms with van der Waals surface area (Å²) in [7, 11) is 1.33. The van der Waals surface area contributed by atoms with E-state index < -0.39 is 5.97 Å². The van der Waals surface area contributed by atoms with E-state index in [1.54, 1.807) is 24.3 Å². The number of para-hydroxylation sites is 1. The van der Waals surface area contributed by atoms with Gasteiger partial charge < -0.3 is 15.0 Å². The molecule has 0 radical (unpaired) electrons. The molecule has 1 saturated heterocycles. The third-order valence-corrected chi connectivity index (χ3v) is 4.98. The highest BCUT2D eigenvalue weighted by molar-refractivity contribution is 6.01. The third kappa shape index (κ3) is 5.65. The molecule has 6 nitrogen and oxygen atoms in total. The molecule has 0 saturated carbocycles. The molecule has 0 atom stereocenters. The molecular weight excluding hydrogens is 354 g/mol. The molecule has 148 valence electrons. The molecule has 3 rings (SSSR count). The van der Waals surface area contributed by atoms with E-state index in [1.807, 2.05) is 6.07 Å². The Kier molecular flexibility index (Phi) is 7.17. The lowest BCUT2D eigenvalue weighted by Gasteiger charge is -2.34. The minimum Gasteiger partial charge on any atom is -0.465 e. The zero-order chi connectivity index (χ0) is 19.8. The highest BCUT2D eigenvalue weighted by Gasteiger charge is 2.18. The number of nitrogens with one attached hydrogen (secondary N) is 1. The molecule has 2 aromatic rings. The van der Waals surface area contributed by atoms with Crippen molar-refractivity contribution < 1.29 is 14.3 Å². The number of amides is 1. The van der Waals surface area contributed by atoms with Crippen LogP contribution in [0.2, 0.25) is 0 Å². The third-order valence-electron chi connectivity index (χ3n) is 4.98. The van der Waals surface area contributed by atoms with Crippen molar-refractivity contribution in [3.63, 3.8) is 0 Å². The second-order valence-corrected chi connectivity index (χ2v) is 6.94. The van der Waals surface area contributed by atoms with E-state index in [-0.39, 0.29) is 5.91 Å². The normalized spacial score (nSPS) is 15.2. The Balaban J connectivity index is 1.42. The van der Waals surface area contributed by atoms with Gasteiger partial charge in [-0.15, -0.1) is 0 Å². The second-order valence-electron chi connectivity index (χ2n) is 6.94. The number of esters is 1. The summed E-state index contributed by atoms with van der Waals surface area (Å²) < 4.78 is 4.76. The standard InChI is InChI=1S/C22H27N3O3/c1-28-22(27)19-9-5-6-10-20(19)23-21(26)11-12-24-13-15-25(16-14-24)17-18-7-3-2-4-8-18/h2-10H,11-17H2,1H3,(H,23,26). The monoisotopic (exact) mass is 381 g/mol. The van der Waals surface area contributed by atoms with Crippen molar-refractivity contribution in [1.82, 2.24) is 9.80 Å². The van der Waals surface area contributed by atoms with Crippen LogP contribution in [0.25, 0.3) is 0 Å². The minimum atomic E-state index is -0.453. The maximum absolute atomic E-state index is 12.3. The molecule has 1 aliphatic rings. The second kappa shape index (κ2) is 10.0. The number of anilines is 1. The smallest absolute Gasteiger partial charge is 0.339 e. The van der Waals surface area contributed by atoms with E-state index in [0.717, 1.165) is 32.7 Å². The van der Waals surface area contributed by atoms with Gasteiger partial charge in [-0.25, -0.2) is 4.79 Å². The fourth-order valence-electron chi connectivity index (χ4n) is 3.37. The van der Waals surface area contributed by atoms with Crippen molar-refractivity contribution in [2.75, 3.05) is 45.2 Å². The number of carbonyl (C=O) groups excluding carboxylic acids is 2. The number of nitrogens with zero attached hydrogens (tertiary/aromatic N) is 2. The molecular formula is C22H27N3O3. The van der Waals surface area contributed by atoms with Gasteiger partial charge in [0.15, 0.2) is 0 Å². The number of piperazine rings is 1. The molecule has 1 fully saturated rings. The summed E-state index contributed by atoms with van der Waals surface area (Å²) in [5.74, 6) is -0.548. The lowest BCUT2D eigenvalue weighted by atomic mass is 10.1. The number of rotatable bonds is 7. The van der Waals surface area contributed by atoms with Crippen LogP contribution in [0.1, 0.15) is 22.3 Å².